The highest BCUT2D eigenvalue weighted by Crippen LogP contribution is 2.24. The minimum atomic E-state index is -0.338. The van der Waals surface area contributed by atoms with Crippen LogP contribution in [0.3, 0.4) is 0 Å². The Kier molecular flexibility index (Phi) is 5.16. The van der Waals surface area contributed by atoms with Gasteiger partial charge in [0.05, 0.1) is 0 Å². The molecule has 2 aromatic heterocycles. The summed E-state index contributed by atoms with van der Waals surface area (Å²) in [5.74, 6) is 0.802. The van der Waals surface area contributed by atoms with Crippen molar-refractivity contribution in [3.05, 3.63) is 20.8 Å². The van der Waals surface area contributed by atoms with Crippen molar-refractivity contribution in [2.45, 2.75) is 19.4 Å². The molecule has 0 bridgehead atoms. The minimum absolute atomic E-state index is 0. The Morgan fingerprint density at radius 3 is 2.61 bits per heavy atom. The standard InChI is InChI=1S/C14H22N6O2.ClH/c1-15-6-4-7-19-8-5-9-20-10-11(16-13(19)20)17(2)14(22)18(3)12(10)21;/h15H,4-9H2,1-3H3;1H. The van der Waals surface area contributed by atoms with E-state index in [9.17, 15) is 9.59 Å². The first-order chi connectivity index (χ1) is 10.6. The van der Waals surface area contributed by atoms with E-state index in [4.69, 9.17) is 0 Å². The highest BCUT2D eigenvalue weighted by molar-refractivity contribution is 5.85. The molecule has 0 radical (unpaired) electrons. The van der Waals surface area contributed by atoms with E-state index in [1.807, 2.05) is 11.6 Å². The third kappa shape index (κ3) is 2.76. The summed E-state index contributed by atoms with van der Waals surface area (Å²) in [5, 5.41) is 3.14. The van der Waals surface area contributed by atoms with Crippen LogP contribution >= 0.6 is 12.4 Å². The van der Waals surface area contributed by atoms with Gasteiger partial charge in [-0.1, -0.05) is 0 Å². The Labute approximate surface area is 140 Å². The van der Waals surface area contributed by atoms with Crippen molar-refractivity contribution < 1.29 is 0 Å². The van der Waals surface area contributed by atoms with E-state index in [0.717, 1.165) is 49.5 Å². The molecular formula is C14H23ClN6O2. The second kappa shape index (κ2) is 6.76. The number of anilines is 1. The summed E-state index contributed by atoms with van der Waals surface area (Å²) in [7, 11) is 5.11. The Bertz CT molecular complexity index is 821. The number of hydrogen-bond donors (Lipinski definition) is 1. The number of aromatic nitrogens is 4. The van der Waals surface area contributed by atoms with Crippen LogP contribution in [0, 0.1) is 0 Å². The molecule has 9 heteroatoms. The number of rotatable bonds is 4. The molecule has 0 saturated heterocycles. The smallest absolute Gasteiger partial charge is 0.332 e. The quantitative estimate of drug-likeness (QED) is 0.770. The zero-order valence-corrected chi connectivity index (χ0v) is 14.5. The van der Waals surface area contributed by atoms with Gasteiger partial charge in [-0.25, -0.2) is 4.79 Å². The second-order valence-corrected chi connectivity index (χ2v) is 5.74. The number of nitrogens with zero attached hydrogens (tertiary/aromatic N) is 5. The number of hydrogen-bond acceptors (Lipinski definition) is 5. The van der Waals surface area contributed by atoms with E-state index in [0.29, 0.717) is 11.2 Å². The van der Waals surface area contributed by atoms with E-state index in [-0.39, 0.29) is 23.7 Å². The summed E-state index contributed by atoms with van der Waals surface area (Å²) < 4.78 is 4.56. The number of imidazole rings is 1. The van der Waals surface area contributed by atoms with Crippen molar-refractivity contribution in [3.63, 3.8) is 0 Å². The molecule has 23 heavy (non-hydrogen) atoms. The normalized spacial score (nSPS) is 14.0. The van der Waals surface area contributed by atoms with Gasteiger partial charge in [0.15, 0.2) is 11.2 Å². The molecule has 0 atom stereocenters. The molecule has 0 saturated carbocycles. The molecule has 2 aromatic rings. The third-order valence-corrected chi connectivity index (χ3v) is 4.28. The fraction of sp³-hybridized carbons (Fsp3) is 0.643. The van der Waals surface area contributed by atoms with Crippen LogP contribution in [0.1, 0.15) is 12.8 Å². The van der Waals surface area contributed by atoms with E-state index in [1.54, 1.807) is 7.05 Å². The SMILES string of the molecule is CNCCCN1CCCn2c1nc1c2c(=O)n(C)c(=O)n1C.Cl. The van der Waals surface area contributed by atoms with Gasteiger partial charge in [0, 0.05) is 33.7 Å². The maximum atomic E-state index is 12.5. The molecular weight excluding hydrogens is 320 g/mol. The van der Waals surface area contributed by atoms with Crippen LogP contribution in [-0.2, 0) is 20.6 Å². The first-order valence-corrected chi connectivity index (χ1v) is 7.62. The van der Waals surface area contributed by atoms with Crippen molar-refractivity contribution in [2.75, 3.05) is 31.6 Å². The van der Waals surface area contributed by atoms with Gasteiger partial charge in [0.25, 0.3) is 5.56 Å². The lowest BCUT2D eigenvalue weighted by molar-refractivity contribution is 0.552. The van der Waals surface area contributed by atoms with Gasteiger partial charge in [-0.3, -0.25) is 13.9 Å². The average Bonchev–Trinajstić information content (AvgIpc) is 2.91. The van der Waals surface area contributed by atoms with Crippen LogP contribution in [0.25, 0.3) is 11.2 Å². The van der Waals surface area contributed by atoms with Gasteiger partial charge < -0.3 is 14.8 Å². The Morgan fingerprint density at radius 2 is 1.91 bits per heavy atom. The lowest BCUT2D eigenvalue weighted by Crippen LogP contribution is -2.38. The monoisotopic (exact) mass is 342 g/mol. The molecule has 3 rings (SSSR count). The van der Waals surface area contributed by atoms with Gasteiger partial charge in [-0.05, 0) is 26.4 Å². The van der Waals surface area contributed by atoms with Gasteiger partial charge in [0.1, 0.15) is 0 Å². The van der Waals surface area contributed by atoms with Crippen molar-refractivity contribution in [3.8, 4) is 0 Å². The third-order valence-electron chi connectivity index (χ3n) is 4.28. The van der Waals surface area contributed by atoms with Crippen molar-refractivity contribution in [2.24, 2.45) is 14.1 Å². The highest BCUT2D eigenvalue weighted by atomic mass is 35.5. The van der Waals surface area contributed by atoms with E-state index < -0.39 is 0 Å². The Morgan fingerprint density at radius 1 is 1.17 bits per heavy atom. The summed E-state index contributed by atoms with van der Waals surface area (Å²) in [6.07, 6.45) is 1.99. The first kappa shape index (κ1) is 17.6. The second-order valence-electron chi connectivity index (χ2n) is 5.74. The fourth-order valence-corrected chi connectivity index (χ4v) is 3.07. The summed E-state index contributed by atoms with van der Waals surface area (Å²) in [6.45, 7) is 3.53. The molecule has 8 nitrogen and oxygen atoms in total. The van der Waals surface area contributed by atoms with E-state index in [1.165, 1.54) is 11.6 Å². The van der Waals surface area contributed by atoms with Gasteiger partial charge in [-0.2, -0.15) is 4.98 Å². The molecule has 3 heterocycles. The van der Waals surface area contributed by atoms with Crippen molar-refractivity contribution in [1.82, 2.24) is 24.0 Å². The first-order valence-electron chi connectivity index (χ1n) is 7.62. The largest absolute Gasteiger partial charge is 0.342 e. The van der Waals surface area contributed by atoms with Crippen molar-refractivity contribution >= 4 is 29.5 Å². The van der Waals surface area contributed by atoms with E-state index in [2.05, 4.69) is 15.2 Å². The predicted octanol–water partition coefficient (Wildman–Crippen LogP) is -0.325. The highest BCUT2D eigenvalue weighted by Gasteiger charge is 2.25. The molecule has 1 N–H and O–H groups in total. The fourth-order valence-electron chi connectivity index (χ4n) is 3.07. The maximum absolute atomic E-state index is 12.5. The molecule has 128 valence electrons. The number of halogens is 1. The molecule has 0 spiro atoms. The van der Waals surface area contributed by atoms with Gasteiger partial charge in [0.2, 0.25) is 5.95 Å². The van der Waals surface area contributed by atoms with Gasteiger partial charge >= 0.3 is 5.69 Å². The van der Waals surface area contributed by atoms with Crippen LogP contribution in [0.15, 0.2) is 9.59 Å². The Hall–Kier alpha value is -1.80. The molecule has 0 fully saturated rings. The molecule has 0 aromatic carbocycles. The summed E-state index contributed by atoms with van der Waals surface area (Å²) in [6, 6.07) is 0. The minimum Gasteiger partial charge on any atom is -0.342 e. The number of aryl methyl sites for hydroxylation is 2. The van der Waals surface area contributed by atoms with Gasteiger partial charge in [-0.15, -0.1) is 12.4 Å². The van der Waals surface area contributed by atoms with Crippen LogP contribution < -0.4 is 21.5 Å². The van der Waals surface area contributed by atoms with Crippen LogP contribution in [0.4, 0.5) is 5.95 Å². The lowest BCUT2D eigenvalue weighted by Gasteiger charge is -2.28. The lowest BCUT2D eigenvalue weighted by atomic mass is 10.3. The van der Waals surface area contributed by atoms with Crippen LogP contribution in [0.5, 0.6) is 0 Å². The van der Waals surface area contributed by atoms with Crippen molar-refractivity contribution in [1.29, 1.82) is 0 Å². The molecule has 0 aliphatic carbocycles. The topological polar surface area (TPSA) is 77.1 Å². The summed E-state index contributed by atoms with van der Waals surface area (Å²) >= 11 is 0. The number of fused-ring (bicyclic) bond motifs is 3. The van der Waals surface area contributed by atoms with Crippen LogP contribution in [0.2, 0.25) is 0 Å². The predicted molar refractivity (Wildman–Crippen MR) is 92.8 cm³/mol. The Balaban J connectivity index is 0.00000192. The molecule has 1 aliphatic heterocycles. The van der Waals surface area contributed by atoms with E-state index >= 15 is 0 Å². The molecule has 1 aliphatic rings. The zero-order valence-electron chi connectivity index (χ0n) is 13.7. The molecule has 0 unspecified atom stereocenters. The summed E-state index contributed by atoms with van der Waals surface area (Å²) in [4.78, 5) is 31.3. The maximum Gasteiger partial charge on any atom is 0.332 e. The summed E-state index contributed by atoms with van der Waals surface area (Å²) in [5.41, 5.74) is 0.394. The molecule has 0 amide bonds. The zero-order chi connectivity index (χ0) is 15.9. The average molecular weight is 343 g/mol. The number of nitrogens with one attached hydrogen (secondary N) is 1. The van der Waals surface area contributed by atoms with Crippen LogP contribution in [-0.4, -0.2) is 45.4 Å².